The Kier molecular flexibility index (Phi) is 5.14. The van der Waals surface area contributed by atoms with E-state index in [2.05, 4.69) is 53.1 Å². The van der Waals surface area contributed by atoms with Gasteiger partial charge in [0.1, 0.15) is 0 Å². The van der Waals surface area contributed by atoms with Crippen molar-refractivity contribution in [3.05, 3.63) is 60.2 Å². The van der Waals surface area contributed by atoms with Gasteiger partial charge in [0, 0.05) is 19.4 Å². The molecule has 2 aromatic carbocycles. The molecule has 0 aliphatic rings. The largest absolute Gasteiger partial charge is 0.383 e. The zero-order chi connectivity index (χ0) is 15.2. The fraction of sp³-hybridized carbons (Fsp3) is 0.278. The summed E-state index contributed by atoms with van der Waals surface area (Å²) in [5.74, 6) is 1.03. The summed E-state index contributed by atoms with van der Waals surface area (Å²) < 4.78 is 7.49. The Bertz CT molecular complexity index is 724. The molecule has 0 radical (unpaired) electrons. The second-order valence-electron chi connectivity index (χ2n) is 5.11. The number of fused-ring (bicyclic) bond motifs is 1. The lowest BCUT2D eigenvalue weighted by molar-refractivity contribution is 0.186. The van der Waals surface area contributed by atoms with Crippen LogP contribution in [0, 0.1) is 0 Å². The van der Waals surface area contributed by atoms with Gasteiger partial charge in [-0.25, -0.2) is 4.98 Å². The van der Waals surface area contributed by atoms with Crippen molar-refractivity contribution in [3.8, 4) is 0 Å². The first kappa shape index (κ1) is 15.1. The molecule has 0 aliphatic heterocycles. The summed E-state index contributed by atoms with van der Waals surface area (Å²) in [6.45, 7) is 1.54. The Morgan fingerprint density at radius 3 is 2.64 bits per heavy atom. The number of aryl methyl sites for hydroxylation is 1. The summed E-state index contributed by atoms with van der Waals surface area (Å²) in [6, 6.07) is 18.9. The molecule has 0 spiro atoms. The first-order valence-electron chi connectivity index (χ1n) is 7.49. The second kappa shape index (κ2) is 7.47. The highest BCUT2D eigenvalue weighted by Crippen LogP contribution is 2.24. The van der Waals surface area contributed by atoms with E-state index in [1.54, 1.807) is 7.11 Å². The Morgan fingerprint density at radius 2 is 1.82 bits per heavy atom. The number of imidazole rings is 1. The van der Waals surface area contributed by atoms with E-state index in [4.69, 9.17) is 9.72 Å². The van der Waals surface area contributed by atoms with Crippen LogP contribution in [-0.2, 0) is 17.7 Å². The average Bonchev–Trinajstić information content (AvgIpc) is 2.91. The van der Waals surface area contributed by atoms with Crippen molar-refractivity contribution in [2.75, 3.05) is 19.5 Å². The predicted molar refractivity (Wildman–Crippen MR) is 92.5 cm³/mol. The topological polar surface area (TPSA) is 27.1 Å². The van der Waals surface area contributed by atoms with Crippen LogP contribution >= 0.6 is 11.8 Å². The lowest BCUT2D eigenvalue weighted by atomic mass is 10.2. The minimum absolute atomic E-state index is 0.701. The summed E-state index contributed by atoms with van der Waals surface area (Å²) in [5.41, 5.74) is 3.61. The first-order chi connectivity index (χ1) is 10.9. The molecule has 0 fully saturated rings. The number of ether oxygens (including phenoxy) is 1. The van der Waals surface area contributed by atoms with Gasteiger partial charge in [-0.05, 0) is 24.1 Å². The predicted octanol–water partition coefficient (Wildman–Crippen LogP) is 4.02. The fourth-order valence-corrected chi connectivity index (χ4v) is 3.50. The maximum absolute atomic E-state index is 5.23. The van der Waals surface area contributed by atoms with Crippen molar-refractivity contribution in [1.29, 1.82) is 0 Å². The smallest absolute Gasteiger partial charge is 0.169 e. The van der Waals surface area contributed by atoms with Gasteiger partial charge >= 0.3 is 0 Å². The first-order valence-corrected chi connectivity index (χ1v) is 8.48. The van der Waals surface area contributed by atoms with Gasteiger partial charge in [0.25, 0.3) is 0 Å². The normalized spacial score (nSPS) is 11.1. The maximum atomic E-state index is 5.23. The Hall–Kier alpha value is -1.78. The minimum atomic E-state index is 0.701. The number of hydrogen-bond acceptors (Lipinski definition) is 3. The number of thioether (sulfide) groups is 1. The summed E-state index contributed by atoms with van der Waals surface area (Å²) in [5, 5.41) is 1.08. The van der Waals surface area contributed by atoms with Crippen LogP contribution in [0.5, 0.6) is 0 Å². The third-order valence-corrected chi connectivity index (χ3v) is 4.58. The maximum Gasteiger partial charge on any atom is 0.169 e. The van der Waals surface area contributed by atoms with Crippen molar-refractivity contribution < 1.29 is 4.74 Å². The Balaban J connectivity index is 1.74. The molecular weight excluding hydrogens is 292 g/mol. The highest BCUT2D eigenvalue weighted by atomic mass is 32.2. The van der Waals surface area contributed by atoms with Crippen molar-refractivity contribution in [1.82, 2.24) is 9.55 Å². The quantitative estimate of drug-likeness (QED) is 0.617. The number of rotatable bonds is 7. The Morgan fingerprint density at radius 1 is 1.05 bits per heavy atom. The van der Waals surface area contributed by atoms with Gasteiger partial charge in [-0.1, -0.05) is 54.2 Å². The van der Waals surface area contributed by atoms with Gasteiger partial charge < -0.3 is 9.30 Å². The molecule has 1 aromatic heterocycles. The van der Waals surface area contributed by atoms with Crippen LogP contribution in [0.2, 0.25) is 0 Å². The van der Waals surface area contributed by atoms with Crippen LogP contribution in [0.1, 0.15) is 5.56 Å². The van der Waals surface area contributed by atoms with Gasteiger partial charge in [-0.15, -0.1) is 0 Å². The summed E-state index contributed by atoms with van der Waals surface area (Å²) in [4.78, 5) is 4.77. The van der Waals surface area contributed by atoms with Gasteiger partial charge in [0.2, 0.25) is 0 Å². The van der Waals surface area contributed by atoms with E-state index in [9.17, 15) is 0 Å². The van der Waals surface area contributed by atoms with E-state index in [-0.39, 0.29) is 0 Å². The minimum Gasteiger partial charge on any atom is -0.383 e. The van der Waals surface area contributed by atoms with Gasteiger partial charge in [0.05, 0.1) is 17.6 Å². The molecule has 3 aromatic rings. The van der Waals surface area contributed by atoms with Gasteiger partial charge in [-0.3, -0.25) is 0 Å². The molecule has 0 unspecified atom stereocenters. The summed E-state index contributed by atoms with van der Waals surface area (Å²) in [7, 11) is 1.74. The fourth-order valence-electron chi connectivity index (χ4n) is 2.47. The average molecular weight is 312 g/mol. The van der Waals surface area contributed by atoms with Crippen LogP contribution in [0.25, 0.3) is 11.0 Å². The molecule has 0 saturated heterocycles. The lowest BCUT2D eigenvalue weighted by Gasteiger charge is -2.08. The van der Waals surface area contributed by atoms with E-state index in [0.717, 1.165) is 29.4 Å². The zero-order valence-corrected chi connectivity index (χ0v) is 13.6. The highest BCUT2D eigenvalue weighted by Gasteiger charge is 2.10. The molecule has 3 nitrogen and oxygen atoms in total. The number of aromatic nitrogens is 2. The van der Waals surface area contributed by atoms with Crippen LogP contribution < -0.4 is 0 Å². The lowest BCUT2D eigenvalue weighted by Crippen LogP contribution is -2.05. The van der Waals surface area contributed by atoms with Crippen molar-refractivity contribution >= 4 is 22.8 Å². The number of hydrogen-bond donors (Lipinski definition) is 0. The molecule has 114 valence electrons. The SMILES string of the molecule is COCCn1c(SCCc2ccccc2)nc2ccccc21. The van der Waals surface area contributed by atoms with Crippen molar-refractivity contribution in [3.63, 3.8) is 0 Å². The molecule has 1 heterocycles. The van der Waals surface area contributed by atoms with Crippen molar-refractivity contribution in [2.45, 2.75) is 18.1 Å². The molecule has 4 heteroatoms. The number of nitrogens with zero attached hydrogens (tertiary/aromatic N) is 2. The molecule has 3 rings (SSSR count). The summed E-state index contributed by atoms with van der Waals surface area (Å²) in [6.07, 6.45) is 1.05. The molecule has 0 bridgehead atoms. The summed E-state index contributed by atoms with van der Waals surface area (Å²) >= 11 is 1.81. The third kappa shape index (κ3) is 3.51. The highest BCUT2D eigenvalue weighted by molar-refractivity contribution is 7.99. The monoisotopic (exact) mass is 312 g/mol. The number of benzene rings is 2. The van der Waals surface area contributed by atoms with Crippen LogP contribution in [0.3, 0.4) is 0 Å². The molecule has 0 saturated carbocycles. The second-order valence-corrected chi connectivity index (χ2v) is 6.17. The van der Waals surface area contributed by atoms with Crippen LogP contribution in [-0.4, -0.2) is 29.0 Å². The van der Waals surface area contributed by atoms with E-state index in [0.29, 0.717) is 6.61 Å². The number of para-hydroxylation sites is 2. The number of methoxy groups -OCH3 is 1. The van der Waals surface area contributed by atoms with Gasteiger partial charge in [-0.2, -0.15) is 0 Å². The third-order valence-electron chi connectivity index (χ3n) is 3.60. The molecule has 0 atom stereocenters. The molecule has 0 amide bonds. The standard InChI is InChI=1S/C18H20N2OS/c1-21-13-12-20-17-10-6-5-9-16(17)19-18(20)22-14-11-15-7-3-2-4-8-15/h2-10H,11-14H2,1H3. The molecule has 0 N–H and O–H groups in total. The Labute approximate surface area is 135 Å². The molecular formula is C18H20N2OS. The zero-order valence-electron chi connectivity index (χ0n) is 12.7. The van der Waals surface area contributed by atoms with Crippen LogP contribution in [0.15, 0.2) is 59.8 Å². The van der Waals surface area contributed by atoms with E-state index in [1.165, 1.54) is 11.1 Å². The van der Waals surface area contributed by atoms with Gasteiger partial charge in [0.15, 0.2) is 5.16 Å². The molecule has 22 heavy (non-hydrogen) atoms. The van der Waals surface area contributed by atoms with E-state index in [1.807, 2.05) is 17.8 Å². The van der Waals surface area contributed by atoms with Crippen LogP contribution in [0.4, 0.5) is 0 Å². The van der Waals surface area contributed by atoms with Crippen molar-refractivity contribution in [2.24, 2.45) is 0 Å². The van der Waals surface area contributed by atoms with E-state index >= 15 is 0 Å². The van der Waals surface area contributed by atoms with E-state index < -0.39 is 0 Å². The molecule has 0 aliphatic carbocycles.